The Labute approximate surface area is 127 Å². The van der Waals surface area contributed by atoms with Crippen molar-refractivity contribution in [1.29, 1.82) is 0 Å². The fourth-order valence-electron chi connectivity index (χ4n) is 2.21. The summed E-state index contributed by atoms with van der Waals surface area (Å²) in [5.41, 5.74) is 6.91. The van der Waals surface area contributed by atoms with E-state index in [1.54, 1.807) is 6.20 Å². The van der Waals surface area contributed by atoms with Gasteiger partial charge in [-0.15, -0.1) is 0 Å². The summed E-state index contributed by atoms with van der Waals surface area (Å²) in [5, 5.41) is 0. The van der Waals surface area contributed by atoms with Crippen LogP contribution >= 0.6 is 0 Å². The van der Waals surface area contributed by atoms with Gasteiger partial charge in [-0.3, -0.25) is 4.79 Å². The molecule has 5 heteroatoms. The number of nitrogen functional groups attached to an aromatic ring is 1. The van der Waals surface area contributed by atoms with E-state index in [0.29, 0.717) is 5.41 Å². The molecule has 0 saturated carbocycles. The van der Waals surface area contributed by atoms with E-state index in [-0.39, 0.29) is 5.97 Å². The SMILES string of the molecule is CCC1(C)CCN(c2ccc(N)cn2)CC1.COC(C)=O. The molecular weight excluding hydrogens is 266 g/mol. The molecule has 2 rings (SSSR count). The number of pyridine rings is 1. The Balaban J connectivity index is 0.000000383. The van der Waals surface area contributed by atoms with Crippen molar-refractivity contribution in [3.63, 3.8) is 0 Å². The number of hydrogen-bond acceptors (Lipinski definition) is 5. The van der Waals surface area contributed by atoms with Gasteiger partial charge < -0.3 is 15.4 Å². The molecule has 1 aromatic heterocycles. The molecule has 2 heterocycles. The maximum atomic E-state index is 9.59. The second-order valence-corrected chi connectivity index (χ2v) is 5.80. The van der Waals surface area contributed by atoms with Crippen molar-refractivity contribution in [1.82, 2.24) is 4.98 Å². The fourth-order valence-corrected chi connectivity index (χ4v) is 2.21. The van der Waals surface area contributed by atoms with Gasteiger partial charge in [0.05, 0.1) is 19.0 Å². The molecule has 0 spiro atoms. The number of nitrogens with zero attached hydrogens (tertiary/aromatic N) is 2. The van der Waals surface area contributed by atoms with Gasteiger partial charge in [-0.25, -0.2) is 4.98 Å². The maximum absolute atomic E-state index is 9.59. The molecule has 0 radical (unpaired) electrons. The zero-order valence-electron chi connectivity index (χ0n) is 13.6. The van der Waals surface area contributed by atoms with Crippen LogP contribution in [0.25, 0.3) is 0 Å². The van der Waals surface area contributed by atoms with Gasteiger partial charge in [0, 0.05) is 20.0 Å². The lowest BCUT2D eigenvalue weighted by atomic mass is 9.78. The van der Waals surface area contributed by atoms with Crippen LogP contribution < -0.4 is 10.6 Å². The number of methoxy groups -OCH3 is 1. The summed E-state index contributed by atoms with van der Waals surface area (Å²) < 4.78 is 4.11. The molecule has 1 fully saturated rings. The molecule has 1 aliphatic rings. The third kappa shape index (κ3) is 5.61. The van der Waals surface area contributed by atoms with Crippen LogP contribution in [0.4, 0.5) is 11.5 Å². The van der Waals surface area contributed by atoms with Gasteiger partial charge in [0.25, 0.3) is 0 Å². The Hall–Kier alpha value is -1.78. The van der Waals surface area contributed by atoms with Crippen LogP contribution in [0.15, 0.2) is 18.3 Å². The first-order chi connectivity index (χ1) is 9.90. The minimum Gasteiger partial charge on any atom is -0.469 e. The van der Waals surface area contributed by atoms with Gasteiger partial charge >= 0.3 is 5.97 Å². The molecule has 0 bridgehead atoms. The predicted octanol–water partition coefficient (Wildman–Crippen LogP) is 2.86. The minimum atomic E-state index is -0.245. The van der Waals surface area contributed by atoms with Crippen LogP contribution in [0.2, 0.25) is 0 Å². The van der Waals surface area contributed by atoms with Crippen LogP contribution in [0.5, 0.6) is 0 Å². The number of hydrogen-bond donors (Lipinski definition) is 1. The average Bonchev–Trinajstić information content (AvgIpc) is 2.50. The van der Waals surface area contributed by atoms with Crippen molar-refractivity contribution in [3.05, 3.63) is 18.3 Å². The van der Waals surface area contributed by atoms with E-state index in [9.17, 15) is 4.79 Å². The highest BCUT2D eigenvalue weighted by molar-refractivity contribution is 5.65. The third-order valence-electron chi connectivity index (χ3n) is 4.21. The molecule has 118 valence electrons. The normalized spacial score (nSPS) is 16.7. The lowest BCUT2D eigenvalue weighted by molar-refractivity contribution is -0.137. The topological polar surface area (TPSA) is 68.4 Å². The summed E-state index contributed by atoms with van der Waals surface area (Å²) in [6.45, 7) is 8.26. The van der Waals surface area contributed by atoms with E-state index in [0.717, 1.165) is 24.6 Å². The number of rotatable bonds is 2. The molecule has 1 saturated heterocycles. The Kier molecular flexibility index (Phi) is 6.46. The summed E-state index contributed by atoms with van der Waals surface area (Å²) >= 11 is 0. The molecular formula is C16H27N3O2. The van der Waals surface area contributed by atoms with Crippen molar-refractivity contribution < 1.29 is 9.53 Å². The lowest BCUT2D eigenvalue weighted by Gasteiger charge is -2.39. The second-order valence-electron chi connectivity index (χ2n) is 5.80. The monoisotopic (exact) mass is 293 g/mol. The highest BCUT2D eigenvalue weighted by atomic mass is 16.5. The van der Waals surface area contributed by atoms with Crippen molar-refractivity contribution in [2.75, 3.05) is 30.8 Å². The number of esters is 1. The quantitative estimate of drug-likeness (QED) is 0.849. The van der Waals surface area contributed by atoms with Crippen LogP contribution in [0, 0.1) is 5.41 Å². The van der Waals surface area contributed by atoms with E-state index in [2.05, 4.69) is 28.5 Å². The minimum absolute atomic E-state index is 0.245. The molecule has 0 atom stereocenters. The summed E-state index contributed by atoms with van der Waals surface area (Å²) in [5.74, 6) is 0.817. The molecule has 0 unspecified atom stereocenters. The first-order valence-corrected chi connectivity index (χ1v) is 7.41. The highest BCUT2D eigenvalue weighted by Crippen LogP contribution is 2.35. The molecule has 0 aliphatic carbocycles. The molecule has 21 heavy (non-hydrogen) atoms. The number of carbonyl (C=O) groups is 1. The maximum Gasteiger partial charge on any atom is 0.302 e. The van der Waals surface area contributed by atoms with Gasteiger partial charge in [-0.05, 0) is 30.4 Å². The summed E-state index contributed by atoms with van der Waals surface area (Å²) in [7, 11) is 1.35. The van der Waals surface area contributed by atoms with Gasteiger partial charge in [0.2, 0.25) is 0 Å². The lowest BCUT2D eigenvalue weighted by Crippen LogP contribution is -2.38. The largest absolute Gasteiger partial charge is 0.469 e. The summed E-state index contributed by atoms with van der Waals surface area (Å²) in [4.78, 5) is 16.3. The van der Waals surface area contributed by atoms with Crippen LogP contribution in [-0.4, -0.2) is 31.2 Å². The first kappa shape index (κ1) is 17.3. The third-order valence-corrected chi connectivity index (χ3v) is 4.21. The van der Waals surface area contributed by atoms with Gasteiger partial charge in [0.1, 0.15) is 5.82 Å². The Morgan fingerprint density at radius 3 is 2.38 bits per heavy atom. The second kappa shape index (κ2) is 7.86. The van der Waals surface area contributed by atoms with Crippen LogP contribution in [0.3, 0.4) is 0 Å². The van der Waals surface area contributed by atoms with E-state index in [1.165, 1.54) is 33.3 Å². The molecule has 1 aliphatic heterocycles. The van der Waals surface area contributed by atoms with E-state index in [4.69, 9.17) is 5.73 Å². The molecule has 5 nitrogen and oxygen atoms in total. The number of piperidine rings is 1. The van der Waals surface area contributed by atoms with Gasteiger partial charge in [0.15, 0.2) is 0 Å². The standard InChI is InChI=1S/C13H21N3.C3H6O2/c1-3-13(2)6-8-16(9-7-13)12-5-4-11(14)10-15-12;1-3(4)5-2/h4-5,10H,3,6-9,14H2,1-2H3;1-2H3. The summed E-state index contributed by atoms with van der Waals surface area (Å²) in [6.07, 6.45) is 5.53. The molecule has 2 N–H and O–H groups in total. The smallest absolute Gasteiger partial charge is 0.302 e. The Bertz CT molecular complexity index is 437. The highest BCUT2D eigenvalue weighted by Gasteiger charge is 2.28. The van der Waals surface area contributed by atoms with Crippen molar-refractivity contribution in [3.8, 4) is 0 Å². The van der Waals surface area contributed by atoms with E-state index in [1.807, 2.05) is 12.1 Å². The molecule has 0 amide bonds. The zero-order chi connectivity index (χ0) is 15.9. The van der Waals surface area contributed by atoms with Crippen molar-refractivity contribution in [2.24, 2.45) is 5.41 Å². The summed E-state index contributed by atoms with van der Waals surface area (Å²) in [6, 6.07) is 3.94. The Morgan fingerprint density at radius 2 is 2.00 bits per heavy atom. The number of carbonyl (C=O) groups excluding carboxylic acids is 1. The van der Waals surface area contributed by atoms with Gasteiger partial charge in [-0.2, -0.15) is 0 Å². The van der Waals surface area contributed by atoms with Gasteiger partial charge in [-0.1, -0.05) is 20.3 Å². The number of ether oxygens (including phenoxy) is 1. The zero-order valence-corrected chi connectivity index (χ0v) is 13.6. The molecule has 1 aromatic rings. The number of aromatic nitrogens is 1. The fraction of sp³-hybridized carbons (Fsp3) is 0.625. The van der Waals surface area contributed by atoms with E-state index < -0.39 is 0 Å². The number of nitrogens with two attached hydrogens (primary N) is 1. The predicted molar refractivity (Wildman–Crippen MR) is 86.2 cm³/mol. The molecule has 0 aromatic carbocycles. The Morgan fingerprint density at radius 1 is 1.43 bits per heavy atom. The van der Waals surface area contributed by atoms with Crippen molar-refractivity contribution >= 4 is 17.5 Å². The first-order valence-electron chi connectivity index (χ1n) is 7.41. The van der Waals surface area contributed by atoms with E-state index >= 15 is 0 Å². The number of anilines is 2. The van der Waals surface area contributed by atoms with Crippen molar-refractivity contribution in [2.45, 2.75) is 40.0 Å². The van der Waals surface area contributed by atoms with Crippen LogP contribution in [-0.2, 0) is 9.53 Å². The average molecular weight is 293 g/mol. The van der Waals surface area contributed by atoms with Crippen LogP contribution in [0.1, 0.15) is 40.0 Å².